The summed E-state index contributed by atoms with van der Waals surface area (Å²) < 4.78 is 5.29. The third-order valence-electron chi connectivity index (χ3n) is 3.16. The SMILES string of the molecule is O=C1CCOCCN2C(=O)c3ccccc3C2OO1. The highest BCUT2D eigenvalue weighted by Crippen LogP contribution is 2.34. The summed E-state index contributed by atoms with van der Waals surface area (Å²) in [6.07, 6.45) is -0.545. The van der Waals surface area contributed by atoms with E-state index < -0.39 is 12.2 Å². The number of hydrogen-bond donors (Lipinski definition) is 0. The van der Waals surface area contributed by atoms with Gasteiger partial charge in [-0.15, -0.1) is 0 Å². The van der Waals surface area contributed by atoms with Crippen molar-refractivity contribution in [3.8, 4) is 0 Å². The Morgan fingerprint density at radius 1 is 1.16 bits per heavy atom. The number of amides is 1. The molecule has 3 rings (SSSR count). The van der Waals surface area contributed by atoms with Crippen LogP contribution in [0.1, 0.15) is 28.6 Å². The molecule has 2 heterocycles. The molecule has 1 saturated heterocycles. The average molecular weight is 263 g/mol. The van der Waals surface area contributed by atoms with E-state index in [9.17, 15) is 9.59 Å². The second kappa shape index (κ2) is 4.99. The fourth-order valence-electron chi connectivity index (χ4n) is 2.22. The highest BCUT2D eigenvalue weighted by molar-refractivity contribution is 5.98. The summed E-state index contributed by atoms with van der Waals surface area (Å²) >= 11 is 0. The standard InChI is InChI=1S/C13H13NO5/c15-11-5-7-17-8-6-14-12(16)9-3-1-2-4-10(9)13(14)19-18-11/h1-4,13H,5-8H2. The van der Waals surface area contributed by atoms with Crippen molar-refractivity contribution in [2.75, 3.05) is 19.8 Å². The molecular formula is C13H13NO5. The van der Waals surface area contributed by atoms with Gasteiger partial charge in [0.25, 0.3) is 5.91 Å². The number of rotatable bonds is 0. The highest BCUT2D eigenvalue weighted by Gasteiger charge is 2.38. The molecular weight excluding hydrogens is 250 g/mol. The zero-order chi connectivity index (χ0) is 13.2. The van der Waals surface area contributed by atoms with E-state index >= 15 is 0 Å². The summed E-state index contributed by atoms with van der Waals surface area (Å²) in [5.41, 5.74) is 1.28. The Hall–Kier alpha value is -1.92. The van der Waals surface area contributed by atoms with Crippen LogP contribution < -0.4 is 0 Å². The first-order valence-electron chi connectivity index (χ1n) is 6.11. The van der Waals surface area contributed by atoms with Gasteiger partial charge in [-0.1, -0.05) is 18.2 Å². The summed E-state index contributed by atoms with van der Waals surface area (Å²) in [5, 5.41) is 0. The van der Waals surface area contributed by atoms with Crippen LogP contribution in [0.5, 0.6) is 0 Å². The smallest absolute Gasteiger partial charge is 0.344 e. The fourth-order valence-corrected chi connectivity index (χ4v) is 2.22. The Morgan fingerprint density at radius 3 is 2.89 bits per heavy atom. The lowest BCUT2D eigenvalue weighted by Gasteiger charge is -2.24. The Labute approximate surface area is 109 Å². The van der Waals surface area contributed by atoms with Crippen molar-refractivity contribution in [3.63, 3.8) is 0 Å². The summed E-state index contributed by atoms with van der Waals surface area (Å²) in [6, 6.07) is 7.13. The maximum Gasteiger partial charge on any atom is 0.344 e. The second-order valence-corrected chi connectivity index (χ2v) is 4.35. The number of benzene rings is 1. The molecule has 6 heteroatoms. The van der Waals surface area contributed by atoms with Gasteiger partial charge in [-0.05, 0) is 6.07 Å². The lowest BCUT2D eigenvalue weighted by molar-refractivity contribution is -0.323. The third-order valence-corrected chi connectivity index (χ3v) is 3.16. The van der Waals surface area contributed by atoms with Crippen molar-refractivity contribution in [1.82, 2.24) is 4.90 Å². The molecule has 0 radical (unpaired) electrons. The Morgan fingerprint density at radius 2 is 2.00 bits per heavy atom. The van der Waals surface area contributed by atoms with E-state index in [0.717, 1.165) is 0 Å². The molecule has 19 heavy (non-hydrogen) atoms. The molecule has 100 valence electrons. The second-order valence-electron chi connectivity index (χ2n) is 4.35. The van der Waals surface area contributed by atoms with Crippen LogP contribution in [0, 0.1) is 0 Å². The van der Waals surface area contributed by atoms with E-state index in [0.29, 0.717) is 24.3 Å². The van der Waals surface area contributed by atoms with Crippen LogP contribution >= 0.6 is 0 Å². The van der Waals surface area contributed by atoms with Crippen LogP contribution in [0.4, 0.5) is 0 Å². The van der Waals surface area contributed by atoms with E-state index in [1.807, 2.05) is 6.07 Å². The van der Waals surface area contributed by atoms with Gasteiger partial charge in [-0.25, -0.2) is 4.79 Å². The zero-order valence-corrected chi connectivity index (χ0v) is 10.2. The first-order valence-corrected chi connectivity index (χ1v) is 6.11. The molecule has 0 aromatic heterocycles. The number of carbonyl (C=O) groups is 2. The van der Waals surface area contributed by atoms with Crippen LogP contribution in [0.25, 0.3) is 0 Å². The molecule has 0 saturated carbocycles. The summed E-state index contributed by atoms with van der Waals surface area (Å²) in [4.78, 5) is 35.0. The predicted octanol–water partition coefficient (Wildman–Crippen LogP) is 1.04. The molecule has 2 aliphatic heterocycles. The maximum absolute atomic E-state index is 12.2. The molecule has 0 spiro atoms. The maximum atomic E-state index is 12.2. The molecule has 2 aliphatic rings. The molecule has 0 N–H and O–H groups in total. The minimum absolute atomic E-state index is 0.138. The summed E-state index contributed by atoms with van der Waals surface area (Å²) in [5.74, 6) is -0.639. The fraction of sp³-hybridized carbons (Fsp3) is 0.385. The number of carbonyl (C=O) groups excluding carboxylic acids is 2. The Kier molecular flexibility index (Phi) is 3.18. The van der Waals surface area contributed by atoms with Gasteiger partial charge in [0.05, 0.1) is 19.6 Å². The first-order chi connectivity index (χ1) is 9.27. The monoisotopic (exact) mass is 263 g/mol. The van der Waals surface area contributed by atoms with Crippen LogP contribution in [0.15, 0.2) is 24.3 Å². The van der Waals surface area contributed by atoms with Gasteiger partial charge >= 0.3 is 5.97 Å². The Bertz CT molecular complexity index is 516. The van der Waals surface area contributed by atoms with Gasteiger partial charge in [0.2, 0.25) is 6.23 Å². The molecule has 0 aliphatic carbocycles. The van der Waals surface area contributed by atoms with Crippen LogP contribution in [0.2, 0.25) is 0 Å². The Balaban J connectivity index is 1.90. The van der Waals surface area contributed by atoms with Crippen molar-refractivity contribution >= 4 is 11.9 Å². The van der Waals surface area contributed by atoms with Gasteiger partial charge in [-0.3, -0.25) is 9.68 Å². The van der Waals surface area contributed by atoms with Gasteiger partial charge in [-0.2, -0.15) is 4.89 Å². The molecule has 1 amide bonds. The minimum atomic E-state index is -0.686. The first kappa shape index (κ1) is 12.1. The van der Waals surface area contributed by atoms with Crippen molar-refractivity contribution in [2.45, 2.75) is 12.6 Å². The minimum Gasteiger partial charge on any atom is -0.379 e. The molecule has 1 fully saturated rings. The molecule has 6 nitrogen and oxygen atoms in total. The van der Waals surface area contributed by atoms with Crippen molar-refractivity contribution in [2.24, 2.45) is 0 Å². The van der Waals surface area contributed by atoms with E-state index in [1.165, 1.54) is 4.90 Å². The lowest BCUT2D eigenvalue weighted by atomic mass is 10.1. The van der Waals surface area contributed by atoms with Crippen molar-refractivity contribution < 1.29 is 24.1 Å². The van der Waals surface area contributed by atoms with Crippen molar-refractivity contribution in [1.29, 1.82) is 0 Å². The largest absolute Gasteiger partial charge is 0.379 e. The van der Waals surface area contributed by atoms with E-state index in [2.05, 4.69) is 0 Å². The molecule has 1 aromatic carbocycles. The van der Waals surface area contributed by atoms with E-state index in [4.69, 9.17) is 14.5 Å². The number of ether oxygens (including phenoxy) is 1. The van der Waals surface area contributed by atoms with Crippen LogP contribution in [-0.4, -0.2) is 36.5 Å². The summed E-state index contributed by atoms with van der Waals surface area (Å²) in [7, 11) is 0. The van der Waals surface area contributed by atoms with Crippen LogP contribution in [-0.2, 0) is 19.3 Å². The average Bonchev–Trinajstić information content (AvgIpc) is 2.70. The molecule has 1 unspecified atom stereocenters. The van der Waals surface area contributed by atoms with Crippen molar-refractivity contribution in [3.05, 3.63) is 35.4 Å². The zero-order valence-electron chi connectivity index (χ0n) is 10.2. The molecule has 1 atom stereocenters. The number of hydrogen-bond acceptors (Lipinski definition) is 5. The van der Waals surface area contributed by atoms with Gasteiger partial charge in [0.15, 0.2) is 0 Å². The number of nitrogens with zero attached hydrogens (tertiary/aromatic N) is 1. The van der Waals surface area contributed by atoms with Gasteiger partial charge in [0.1, 0.15) is 0 Å². The molecule has 0 bridgehead atoms. The van der Waals surface area contributed by atoms with E-state index in [-0.39, 0.29) is 18.9 Å². The molecule has 1 aromatic rings. The summed E-state index contributed by atoms with van der Waals surface area (Å²) in [6.45, 7) is 1.03. The topological polar surface area (TPSA) is 65.1 Å². The number of fused-ring (bicyclic) bond motifs is 3. The van der Waals surface area contributed by atoms with Gasteiger partial charge in [0, 0.05) is 17.7 Å². The lowest BCUT2D eigenvalue weighted by Crippen LogP contribution is -2.34. The van der Waals surface area contributed by atoms with E-state index in [1.54, 1.807) is 18.2 Å². The third kappa shape index (κ3) is 2.20. The quantitative estimate of drug-likeness (QED) is 0.654. The van der Waals surface area contributed by atoms with Crippen LogP contribution in [0.3, 0.4) is 0 Å². The normalized spacial score (nSPS) is 23.6. The van der Waals surface area contributed by atoms with Gasteiger partial charge < -0.3 is 9.64 Å². The highest BCUT2D eigenvalue weighted by atomic mass is 17.2. The predicted molar refractivity (Wildman–Crippen MR) is 62.8 cm³/mol.